The molecule has 0 radical (unpaired) electrons. The third-order valence-electron chi connectivity index (χ3n) is 4.09. The first kappa shape index (κ1) is 20.2. The third-order valence-corrected chi connectivity index (χ3v) is 4.09. The molecule has 0 aliphatic heterocycles. The normalized spacial score (nSPS) is 25.4. The Kier molecular flexibility index (Phi) is 7.48. The summed E-state index contributed by atoms with van der Waals surface area (Å²) in [4.78, 5) is 28.2. The summed E-state index contributed by atoms with van der Waals surface area (Å²) in [6.07, 6.45) is 5.42. The van der Waals surface area contributed by atoms with E-state index in [0.29, 0.717) is 6.54 Å². The Balaban J connectivity index is 2.59. The van der Waals surface area contributed by atoms with E-state index in [9.17, 15) is 9.59 Å². The van der Waals surface area contributed by atoms with Gasteiger partial charge >= 0.3 is 12.1 Å². The standard InChI is InChI=1S/C18H30N2O4/c1-6-8-15(21)24-20-14-10-17(3,4)12-18(5,11-14)13-19-16(22)23-9-7-2/h6-7,14,20H,1-2,8-13H2,3-5H3,(H,19,22). The van der Waals surface area contributed by atoms with Crippen LogP contribution in [0.5, 0.6) is 0 Å². The van der Waals surface area contributed by atoms with E-state index >= 15 is 0 Å². The minimum absolute atomic E-state index is 0.0403. The van der Waals surface area contributed by atoms with E-state index in [-0.39, 0.29) is 35.9 Å². The molecular weight excluding hydrogens is 308 g/mol. The van der Waals surface area contributed by atoms with Crippen molar-refractivity contribution in [2.24, 2.45) is 10.8 Å². The summed E-state index contributed by atoms with van der Waals surface area (Å²) < 4.78 is 4.95. The molecule has 6 nitrogen and oxygen atoms in total. The van der Waals surface area contributed by atoms with Crippen molar-refractivity contribution in [1.29, 1.82) is 0 Å². The van der Waals surface area contributed by atoms with Gasteiger partial charge in [0.15, 0.2) is 0 Å². The smallest absolute Gasteiger partial charge is 0.407 e. The lowest BCUT2D eigenvalue weighted by Crippen LogP contribution is -2.49. The first-order valence-electron chi connectivity index (χ1n) is 8.27. The molecule has 0 aromatic carbocycles. The number of carbonyl (C=O) groups excluding carboxylic acids is 2. The van der Waals surface area contributed by atoms with Crippen molar-refractivity contribution in [2.45, 2.75) is 52.5 Å². The summed E-state index contributed by atoms with van der Waals surface area (Å²) in [7, 11) is 0. The number of rotatable bonds is 8. The van der Waals surface area contributed by atoms with Gasteiger partial charge < -0.3 is 14.9 Å². The van der Waals surface area contributed by atoms with Crippen molar-refractivity contribution in [3.05, 3.63) is 25.3 Å². The van der Waals surface area contributed by atoms with Crippen LogP contribution in [0.25, 0.3) is 0 Å². The van der Waals surface area contributed by atoms with Gasteiger partial charge in [-0.2, -0.15) is 0 Å². The topological polar surface area (TPSA) is 76.7 Å². The molecule has 1 fully saturated rings. The molecule has 2 atom stereocenters. The Morgan fingerprint density at radius 3 is 2.54 bits per heavy atom. The lowest BCUT2D eigenvalue weighted by molar-refractivity contribution is -0.154. The average molecular weight is 338 g/mol. The molecule has 0 spiro atoms. The molecule has 0 saturated heterocycles. The maximum Gasteiger partial charge on any atom is 0.407 e. The third kappa shape index (κ3) is 7.17. The van der Waals surface area contributed by atoms with Gasteiger partial charge in [0.1, 0.15) is 6.61 Å². The molecule has 1 saturated carbocycles. The monoisotopic (exact) mass is 338 g/mol. The highest BCUT2D eigenvalue weighted by Crippen LogP contribution is 2.45. The second-order valence-corrected chi connectivity index (χ2v) is 7.58. The molecule has 1 rings (SSSR count). The van der Waals surface area contributed by atoms with Gasteiger partial charge in [-0.05, 0) is 30.1 Å². The minimum atomic E-state index is -0.443. The summed E-state index contributed by atoms with van der Waals surface area (Å²) in [6, 6.07) is 0.0403. The Morgan fingerprint density at radius 1 is 1.21 bits per heavy atom. The van der Waals surface area contributed by atoms with Gasteiger partial charge in [-0.25, -0.2) is 4.79 Å². The van der Waals surface area contributed by atoms with Gasteiger partial charge in [0.05, 0.1) is 6.42 Å². The minimum Gasteiger partial charge on any atom is -0.445 e. The molecule has 2 N–H and O–H groups in total. The van der Waals surface area contributed by atoms with Crippen LogP contribution < -0.4 is 10.8 Å². The van der Waals surface area contributed by atoms with E-state index in [0.717, 1.165) is 19.3 Å². The van der Waals surface area contributed by atoms with E-state index in [1.807, 2.05) is 0 Å². The van der Waals surface area contributed by atoms with Gasteiger partial charge in [-0.1, -0.05) is 39.5 Å². The van der Waals surface area contributed by atoms with Crippen molar-refractivity contribution in [3.63, 3.8) is 0 Å². The van der Waals surface area contributed by atoms with Crippen molar-refractivity contribution in [1.82, 2.24) is 10.8 Å². The molecule has 2 unspecified atom stereocenters. The highest BCUT2D eigenvalue weighted by atomic mass is 16.7. The van der Waals surface area contributed by atoms with Crippen LogP contribution in [0.15, 0.2) is 25.3 Å². The summed E-state index contributed by atoms with van der Waals surface area (Å²) in [6.45, 7) is 14.2. The Hall–Kier alpha value is -1.82. The molecule has 0 aromatic heterocycles. The Labute approximate surface area is 144 Å². The number of ether oxygens (including phenoxy) is 1. The molecular formula is C18H30N2O4. The molecule has 24 heavy (non-hydrogen) atoms. The number of amides is 1. The van der Waals surface area contributed by atoms with E-state index in [4.69, 9.17) is 9.57 Å². The second-order valence-electron chi connectivity index (χ2n) is 7.58. The molecule has 0 aromatic rings. The zero-order valence-electron chi connectivity index (χ0n) is 15.0. The Bertz CT molecular complexity index is 476. The molecule has 136 valence electrons. The van der Waals surface area contributed by atoms with E-state index in [1.165, 1.54) is 12.2 Å². The van der Waals surface area contributed by atoms with Crippen LogP contribution in [-0.2, 0) is 14.4 Å². The predicted molar refractivity (Wildman–Crippen MR) is 93.1 cm³/mol. The molecule has 0 heterocycles. The highest BCUT2D eigenvalue weighted by molar-refractivity contribution is 5.70. The van der Waals surface area contributed by atoms with Gasteiger partial charge in [0, 0.05) is 12.6 Å². The lowest BCUT2D eigenvalue weighted by atomic mass is 9.63. The number of hydroxylamine groups is 1. The number of hydrogen-bond donors (Lipinski definition) is 2. The first-order valence-corrected chi connectivity index (χ1v) is 8.27. The fourth-order valence-corrected chi connectivity index (χ4v) is 3.63. The zero-order chi connectivity index (χ0) is 18.2. The summed E-state index contributed by atoms with van der Waals surface area (Å²) in [5, 5.41) is 2.81. The van der Waals surface area contributed by atoms with Gasteiger partial charge in [-0.15, -0.1) is 12.1 Å². The molecule has 1 aliphatic carbocycles. The van der Waals surface area contributed by atoms with E-state index in [1.54, 1.807) is 0 Å². The predicted octanol–water partition coefficient (Wildman–Crippen LogP) is 3.11. The first-order chi connectivity index (χ1) is 11.2. The van der Waals surface area contributed by atoms with Crippen LogP contribution in [0.1, 0.15) is 46.5 Å². The number of carbonyl (C=O) groups is 2. The Morgan fingerprint density at radius 2 is 1.92 bits per heavy atom. The van der Waals surface area contributed by atoms with Crippen LogP contribution in [0, 0.1) is 10.8 Å². The van der Waals surface area contributed by atoms with Crippen LogP contribution in [0.2, 0.25) is 0 Å². The van der Waals surface area contributed by atoms with Gasteiger partial charge in [-0.3, -0.25) is 4.79 Å². The maximum atomic E-state index is 11.6. The second kappa shape index (κ2) is 8.87. The molecule has 0 bridgehead atoms. The van der Waals surface area contributed by atoms with Crippen LogP contribution >= 0.6 is 0 Å². The van der Waals surface area contributed by atoms with Crippen LogP contribution in [0.3, 0.4) is 0 Å². The SMILES string of the molecule is C=CCOC(=O)NCC1(C)CC(NOC(=O)CC=C)CC(C)(C)C1. The summed E-state index contributed by atoms with van der Waals surface area (Å²) >= 11 is 0. The van der Waals surface area contributed by atoms with Crippen molar-refractivity contribution in [2.75, 3.05) is 13.2 Å². The fraction of sp³-hybridized carbons (Fsp3) is 0.667. The fourth-order valence-electron chi connectivity index (χ4n) is 3.63. The quantitative estimate of drug-likeness (QED) is 0.525. The largest absolute Gasteiger partial charge is 0.445 e. The zero-order valence-corrected chi connectivity index (χ0v) is 15.0. The van der Waals surface area contributed by atoms with Crippen LogP contribution in [-0.4, -0.2) is 31.3 Å². The van der Waals surface area contributed by atoms with E-state index in [2.05, 4.69) is 44.7 Å². The summed E-state index contributed by atoms with van der Waals surface area (Å²) in [5.41, 5.74) is 2.84. The summed E-state index contributed by atoms with van der Waals surface area (Å²) in [5.74, 6) is -0.346. The molecule has 1 amide bonds. The number of alkyl carbamates (subject to hydrolysis) is 1. The van der Waals surface area contributed by atoms with Crippen molar-refractivity contribution < 1.29 is 19.2 Å². The van der Waals surface area contributed by atoms with Gasteiger partial charge in [0.25, 0.3) is 0 Å². The number of hydrogen-bond acceptors (Lipinski definition) is 5. The maximum absolute atomic E-state index is 11.6. The van der Waals surface area contributed by atoms with Crippen LogP contribution in [0.4, 0.5) is 4.79 Å². The van der Waals surface area contributed by atoms with Gasteiger partial charge in [0.2, 0.25) is 0 Å². The number of nitrogens with one attached hydrogen (secondary N) is 2. The lowest BCUT2D eigenvalue weighted by Gasteiger charge is -2.46. The molecule has 1 aliphatic rings. The highest BCUT2D eigenvalue weighted by Gasteiger charge is 2.41. The average Bonchev–Trinajstić information content (AvgIpc) is 2.47. The van der Waals surface area contributed by atoms with Crippen molar-refractivity contribution >= 4 is 12.1 Å². The molecule has 6 heteroatoms. The van der Waals surface area contributed by atoms with Crippen molar-refractivity contribution in [3.8, 4) is 0 Å². The van der Waals surface area contributed by atoms with E-state index < -0.39 is 6.09 Å².